The summed E-state index contributed by atoms with van der Waals surface area (Å²) < 4.78 is 5.44. The maximum atomic E-state index is 12.8. The van der Waals surface area contributed by atoms with Crippen molar-refractivity contribution in [1.29, 1.82) is 0 Å². The van der Waals surface area contributed by atoms with Crippen LogP contribution in [-0.4, -0.2) is 36.0 Å². The van der Waals surface area contributed by atoms with E-state index >= 15 is 0 Å². The Balaban J connectivity index is 1.31. The van der Waals surface area contributed by atoms with E-state index in [0.717, 1.165) is 18.2 Å². The molecule has 3 aromatic carbocycles. The molecule has 1 aliphatic heterocycles. The molecule has 6 nitrogen and oxygen atoms in total. The number of nitrogens with zero attached hydrogens (tertiary/aromatic N) is 2. The standard InChI is InChI=1S/C30H35N3O3/c1-21-18-22(2)33(23(3)19-21)20-24-10-12-25(13-11-24)29(34)31-26-14-16-28(17-15-26)36-30(35)32(4)27-8-6-5-7-9-27/h5-17,21-23H,18-20H2,1-4H3,(H,31,34). The molecule has 1 saturated heterocycles. The zero-order valence-electron chi connectivity index (χ0n) is 21.5. The van der Waals surface area contributed by atoms with E-state index in [1.54, 1.807) is 31.3 Å². The Morgan fingerprint density at radius 3 is 2.11 bits per heavy atom. The van der Waals surface area contributed by atoms with Crippen LogP contribution in [0.25, 0.3) is 0 Å². The number of carbonyl (C=O) groups is 2. The first-order valence-electron chi connectivity index (χ1n) is 12.6. The number of rotatable bonds is 6. The Bertz CT molecular complexity index is 1150. The number of benzene rings is 3. The van der Waals surface area contributed by atoms with Crippen LogP contribution < -0.4 is 15.0 Å². The fourth-order valence-electron chi connectivity index (χ4n) is 4.99. The maximum Gasteiger partial charge on any atom is 0.419 e. The molecular formula is C30H35N3O3. The molecule has 0 aliphatic carbocycles. The van der Waals surface area contributed by atoms with Crippen molar-refractivity contribution in [1.82, 2.24) is 4.90 Å². The van der Waals surface area contributed by atoms with Gasteiger partial charge in [0, 0.05) is 42.6 Å². The van der Waals surface area contributed by atoms with Crippen molar-refractivity contribution in [3.05, 3.63) is 90.0 Å². The molecule has 0 radical (unpaired) electrons. The summed E-state index contributed by atoms with van der Waals surface area (Å²) in [6.07, 6.45) is 1.97. The molecule has 1 heterocycles. The Morgan fingerprint density at radius 2 is 1.50 bits per heavy atom. The van der Waals surface area contributed by atoms with E-state index in [0.29, 0.717) is 29.1 Å². The molecule has 0 spiro atoms. The maximum absolute atomic E-state index is 12.8. The second-order valence-corrected chi connectivity index (χ2v) is 9.88. The molecule has 0 saturated carbocycles. The van der Waals surface area contributed by atoms with Crippen molar-refractivity contribution in [3.8, 4) is 5.75 Å². The second-order valence-electron chi connectivity index (χ2n) is 9.88. The molecule has 0 bridgehead atoms. The van der Waals surface area contributed by atoms with Gasteiger partial charge in [0.1, 0.15) is 5.75 Å². The highest BCUT2D eigenvalue weighted by Crippen LogP contribution is 2.29. The molecule has 2 atom stereocenters. The molecule has 188 valence electrons. The molecule has 4 rings (SSSR count). The van der Waals surface area contributed by atoms with Crippen molar-refractivity contribution in [2.75, 3.05) is 17.3 Å². The summed E-state index contributed by atoms with van der Waals surface area (Å²) in [5.74, 6) is 0.999. The first-order chi connectivity index (χ1) is 17.3. The minimum Gasteiger partial charge on any atom is -0.410 e. The van der Waals surface area contributed by atoms with E-state index in [9.17, 15) is 9.59 Å². The van der Waals surface area contributed by atoms with E-state index in [1.165, 1.54) is 23.3 Å². The molecule has 1 fully saturated rings. The number of carbonyl (C=O) groups excluding carboxylic acids is 2. The third-order valence-electron chi connectivity index (χ3n) is 6.94. The molecule has 2 amide bonds. The summed E-state index contributed by atoms with van der Waals surface area (Å²) in [6.45, 7) is 7.85. The number of hydrogen-bond acceptors (Lipinski definition) is 4. The lowest BCUT2D eigenvalue weighted by atomic mass is 9.88. The number of likely N-dealkylation sites (tertiary alicyclic amines) is 1. The minimum absolute atomic E-state index is 0.177. The number of ether oxygens (including phenoxy) is 1. The average molecular weight is 486 g/mol. The SMILES string of the molecule is CC1CC(C)N(Cc2ccc(C(=O)Nc3ccc(OC(=O)N(C)c4ccccc4)cc3)cc2)C(C)C1. The van der Waals surface area contributed by atoms with E-state index in [-0.39, 0.29) is 5.91 Å². The first kappa shape index (κ1) is 25.5. The van der Waals surface area contributed by atoms with Gasteiger partial charge in [-0.2, -0.15) is 0 Å². The van der Waals surface area contributed by atoms with Crippen LogP contribution >= 0.6 is 0 Å². The fourth-order valence-corrected chi connectivity index (χ4v) is 4.99. The van der Waals surface area contributed by atoms with Gasteiger partial charge in [-0.25, -0.2) is 4.79 Å². The van der Waals surface area contributed by atoms with Crippen LogP contribution in [-0.2, 0) is 6.54 Å². The molecule has 0 aromatic heterocycles. The fraction of sp³-hybridized carbons (Fsp3) is 0.333. The summed E-state index contributed by atoms with van der Waals surface area (Å²) in [6, 6.07) is 25.0. The lowest BCUT2D eigenvalue weighted by Crippen LogP contribution is -2.45. The van der Waals surface area contributed by atoms with Gasteiger partial charge < -0.3 is 10.1 Å². The Hall–Kier alpha value is -3.64. The van der Waals surface area contributed by atoms with Gasteiger partial charge in [0.2, 0.25) is 0 Å². The Labute approximate surface area is 213 Å². The van der Waals surface area contributed by atoms with Gasteiger partial charge >= 0.3 is 6.09 Å². The third-order valence-corrected chi connectivity index (χ3v) is 6.94. The largest absolute Gasteiger partial charge is 0.419 e. The van der Waals surface area contributed by atoms with Crippen LogP contribution in [0.5, 0.6) is 5.75 Å². The zero-order chi connectivity index (χ0) is 25.7. The van der Waals surface area contributed by atoms with Crippen molar-refractivity contribution in [3.63, 3.8) is 0 Å². The van der Waals surface area contributed by atoms with Crippen LogP contribution in [0.3, 0.4) is 0 Å². The van der Waals surface area contributed by atoms with Gasteiger partial charge in [-0.1, -0.05) is 37.3 Å². The van der Waals surface area contributed by atoms with Gasteiger partial charge in [0.25, 0.3) is 5.91 Å². The van der Waals surface area contributed by atoms with Crippen LogP contribution in [0.1, 0.15) is 49.5 Å². The number of piperidine rings is 1. The second kappa shape index (κ2) is 11.4. The first-order valence-corrected chi connectivity index (χ1v) is 12.6. The highest BCUT2D eigenvalue weighted by Gasteiger charge is 2.28. The normalized spacial score (nSPS) is 19.9. The molecule has 2 unspecified atom stereocenters. The Kier molecular flexibility index (Phi) is 8.06. The molecule has 6 heteroatoms. The van der Waals surface area contributed by atoms with Gasteiger partial charge in [0.05, 0.1) is 0 Å². The lowest BCUT2D eigenvalue weighted by molar-refractivity contribution is 0.0681. The van der Waals surface area contributed by atoms with Crippen LogP contribution in [0.15, 0.2) is 78.9 Å². The molecule has 1 aliphatic rings. The van der Waals surface area contributed by atoms with Crippen molar-refractivity contribution in [2.45, 2.75) is 52.2 Å². The minimum atomic E-state index is -0.485. The summed E-state index contributed by atoms with van der Waals surface area (Å²) in [5.41, 5.74) is 3.19. The van der Waals surface area contributed by atoms with Crippen molar-refractivity contribution in [2.24, 2.45) is 5.92 Å². The lowest BCUT2D eigenvalue weighted by Gasteiger charge is -2.41. The molecule has 36 heavy (non-hydrogen) atoms. The highest BCUT2D eigenvalue weighted by molar-refractivity contribution is 6.04. The van der Waals surface area contributed by atoms with Gasteiger partial charge in [-0.3, -0.25) is 14.6 Å². The number of nitrogens with one attached hydrogen (secondary N) is 1. The van der Waals surface area contributed by atoms with E-state index < -0.39 is 6.09 Å². The third kappa shape index (κ3) is 6.32. The van der Waals surface area contributed by atoms with E-state index in [1.807, 2.05) is 54.6 Å². The molecule has 3 aromatic rings. The summed E-state index contributed by atoms with van der Waals surface area (Å²) in [7, 11) is 1.66. The Morgan fingerprint density at radius 1 is 0.889 bits per heavy atom. The van der Waals surface area contributed by atoms with Gasteiger partial charge in [-0.05, 0) is 86.7 Å². The topological polar surface area (TPSA) is 61.9 Å². The van der Waals surface area contributed by atoms with E-state index in [2.05, 4.69) is 31.0 Å². The van der Waals surface area contributed by atoms with Crippen LogP contribution in [0.4, 0.5) is 16.2 Å². The van der Waals surface area contributed by atoms with Crippen LogP contribution in [0, 0.1) is 5.92 Å². The number of para-hydroxylation sites is 1. The summed E-state index contributed by atoms with van der Waals surface area (Å²) in [5, 5.41) is 2.91. The van der Waals surface area contributed by atoms with Crippen molar-refractivity contribution < 1.29 is 14.3 Å². The van der Waals surface area contributed by atoms with Gasteiger partial charge in [-0.15, -0.1) is 0 Å². The van der Waals surface area contributed by atoms with Crippen molar-refractivity contribution >= 4 is 23.4 Å². The van der Waals surface area contributed by atoms with Gasteiger partial charge in [0.15, 0.2) is 0 Å². The molecular weight excluding hydrogens is 450 g/mol. The summed E-state index contributed by atoms with van der Waals surface area (Å²) >= 11 is 0. The highest BCUT2D eigenvalue weighted by atomic mass is 16.6. The number of anilines is 2. The average Bonchev–Trinajstić information content (AvgIpc) is 2.87. The predicted molar refractivity (Wildman–Crippen MR) is 145 cm³/mol. The van der Waals surface area contributed by atoms with Crippen LogP contribution in [0.2, 0.25) is 0 Å². The smallest absolute Gasteiger partial charge is 0.410 e. The molecule has 1 N–H and O–H groups in total. The quantitative estimate of drug-likeness (QED) is 0.428. The zero-order valence-corrected chi connectivity index (χ0v) is 21.5. The monoisotopic (exact) mass is 485 g/mol. The predicted octanol–water partition coefficient (Wildman–Crippen LogP) is 6.58. The number of amides is 2. The van der Waals surface area contributed by atoms with E-state index in [4.69, 9.17) is 4.74 Å². The summed E-state index contributed by atoms with van der Waals surface area (Å²) in [4.78, 5) is 29.1. The number of hydrogen-bond donors (Lipinski definition) is 1.